The molecule has 2 N–H and O–H groups in total. The first-order chi connectivity index (χ1) is 7.17. The number of aryl methyl sites for hydroxylation is 1. The van der Waals surface area contributed by atoms with Crippen LogP contribution < -0.4 is 15.2 Å². The molecule has 1 aromatic rings. The number of methoxy groups -OCH3 is 1. The molecule has 3 nitrogen and oxygen atoms in total. The van der Waals surface area contributed by atoms with E-state index in [1.54, 1.807) is 7.11 Å². The smallest absolute Gasteiger partial charge is 0.161 e. The van der Waals surface area contributed by atoms with Crippen molar-refractivity contribution in [3.05, 3.63) is 23.8 Å². The number of hydrogen-bond acceptors (Lipinski definition) is 3. The molecule has 0 amide bonds. The third-order valence-electron chi connectivity index (χ3n) is 2.30. The zero-order chi connectivity index (χ0) is 11.3. The number of ether oxygens (including phenoxy) is 2. The minimum atomic E-state index is 0.0796. The molecule has 0 aliphatic heterocycles. The summed E-state index contributed by atoms with van der Waals surface area (Å²) in [6.45, 7) is 4.58. The van der Waals surface area contributed by atoms with Crippen LogP contribution in [0.3, 0.4) is 0 Å². The van der Waals surface area contributed by atoms with Crippen molar-refractivity contribution in [1.82, 2.24) is 0 Å². The Balaban J connectivity index is 2.67. The van der Waals surface area contributed by atoms with Crippen molar-refractivity contribution in [1.29, 1.82) is 0 Å². The van der Waals surface area contributed by atoms with Gasteiger partial charge in [0, 0.05) is 6.04 Å². The van der Waals surface area contributed by atoms with Crippen molar-refractivity contribution in [2.45, 2.75) is 26.3 Å². The quantitative estimate of drug-likeness (QED) is 0.807. The Bertz CT molecular complexity index is 312. The van der Waals surface area contributed by atoms with Gasteiger partial charge >= 0.3 is 0 Å². The fraction of sp³-hybridized carbons (Fsp3) is 0.500. The Hall–Kier alpha value is -1.22. The van der Waals surface area contributed by atoms with E-state index in [-0.39, 0.29) is 6.04 Å². The van der Waals surface area contributed by atoms with Crippen LogP contribution in [0.5, 0.6) is 11.5 Å². The minimum Gasteiger partial charge on any atom is -0.493 e. The van der Waals surface area contributed by atoms with Crippen molar-refractivity contribution in [2.75, 3.05) is 13.7 Å². The molecule has 0 saturated carbocycles. The highest BCUT2D eigenvalue weighted by Gasteiger charge is 2.06. The average molecular weight is 209 g/mol. The van der Waals surface area contributed by atoms with E-state index in [2.05, 4.69) is 0 Å². The van der Waals surface area contributed by atoms with Crippen molar-refractivity contribution in [3.8, 4) is 11.5 Å². The van der Waals surface area contributed by atoms with Gasteiger partial charge in [-0.05, 0) is 31.0 Å². The molecule has 15 heavy (non-hydrogen) atoms. The van der Waals surface area contributed by atoms with Gasteiger partial charge in [-0.25, -0.2) is 0 Å². The standard InChI is InChI=1S/C12H19NO2/c1-4-10(13)8-15-11-6-5-9(2)7-12(11)14-3/h5-7,10H,4,8,13H2,1-3H3. The Morgan fingerprint density at radius 1 is 1.33 bits per heavy atom. The molecule has 1 atom stereocenters. The number of rotatable bonds is 5. The lowest BCUT2D eigenvalue weighted by Crippen LogP contribution is -2.26. The third-order valence-corrected chi connectivity index (χ3v) is 2.30. The first-order valence-corrected chi connectivity index (χ1v) is 5.20. The molecule has 0 spiro atoms. The molecule has 0 fully saturated rings. The van der Waals surface area contributed by atoms with Crippen molar-refractivity contribution in [2.24, 2.45) is 5.73 Å². The summed E-state index contributed by atoms with van der Waals surface area (Å²) < 4.78 is 10.8. The van der Waals surface area contributed by atoms with Gasteiger partial charge in [-0.15, -0.1) is 0 Å². The molecule has 0 aromatic heterocycles. The maximum atomic E-state index is 5.78. The summed E-state index contributed by atoms with van der Waals surface area (Å²) in [4.78, 5) is 0. The number of benzene rings is 1. The summed E-state index contributed by atoms with van der Waals surface area (Å²) in [6, 6.07) is 5.94. The highest BCUT2D eigenvalue weighted by molar-refractivity contribution is 5.42. The molecule has 0 aliphatic rings. The molecule has 3 heteroatoms. The molecular weight excluding hydrogens is 190 g/mol. The highest BCUT2D eigenvalue weighted by Crippen LogP contribution is 2.27. The lowest BCUT2D eigenvalue weighted by molar-refractivity contribution is 0.269. The van der Waals surface area contributed by atoms with E-state index >= 15 is 0 Å². The largest absolute Gasteiger partial charge is 0.493 e. The molecule has 0 saturated heterocycles. The lowest BCUT2D eigenvalue weighted by atomic mass is 10.2. The summed E-state index contributed by atoms with van der Waals surface area (Å²) in [5.41, 5.74) is 6.93. The van der Waals surface area contributed by atoms with Gasteiger partial charge in [0.2, 0.25) is 0 Å². The van der Waals surface area contributed by atoms with Crippen LogP contribution in [0.4, 0.5) is 0 Å². The van der Waals surface area contributed by atoms with Gasteiger partial charge in [0.05, 0.1) is 7.11 Å². The predicted molar refractivity (Wildman–Crippen MR) is 61.5 cm³/mol. The summed E-state index contributed by atoms with van der Waals surface area (Å²) >= 11 is 0. The topological polar surface area (TPSA) is 44.5 Å². The number of nitrogens with two attached hydrogens (primary N) is 1. The Morgan fingerprint density at radius 3 is 2.67 bits per heavy atom. The molecule has 0 heterocycles. The maximum absolute atomic E-state index is 5.78. The van der Waals surface area contributed by atoms with E-state index in [1.165, 1.54) is 0 Å². The summed E-state index contributed by atoms with van der Waals surface area (Å²) in [7, 11) is 1.64. The second-order valence-corrected chi connectivity index (χ2v) is 3.63. The fourth-order valence-electron chi connectivity index (χ4n) is 1.21. The van der Waals surface area contributed by atoms with Crippen molar-refractivity contribution < 1.29 is 9.47 Å². The van der Waals surface area contributed by atoms with E-state index in [9.17, 15) is 0 Å². The van der Waals surface area contributed by atoms with Crippen LogP contribution in [0, 0.1) is 6.92 Å². The van der Waals surface area contributed by atoms with E-state index < -0.39 is 0 Å². The molecule has 0 aliphatic carbocycles. The third kappa shape index (κ3) is 3.44. The SMILES string of the molecule is CCC(N)COc1ccc(C)cc1OC. The normalized spacial score (nSPS) is 12.3. The fourth-order valence-corrected chi connectivity index (χ4v) is 1.21. The second kappa shape index (κ2) is 5.61. The van der Waals surface area contributed by atoms with Crippen LogP contribution in [0.25, 0.3) is 0 Å². The van der Waals surface area contributed by atoms with Crippen LogP contribution in [0.15, 0.2) is 18.2 Å². The molecular formula is C12H19NO2. The van der Waals surface area contributed by atoms with Gasteiger partial charge in [-0.1, -0.05) is 13.0 Å². The molecule has 1 rings (SSSR count). The summed E-state index contributed by atoms with van der Waals surface area (Å²) in [6.07, 6.45) is 0.911. The first kappa shape index (κ1) is 11.9. The Labute approximate surface area is 91.2 Å². The second-order valence-electron chi connectivity index (χ2n) is 3.63. The molecule has 0 bridgehead atoms. The molecule has 0 radical (unpaired) electrons. The summed E-state index contributed by atoms with van der Waals surface area (Å²) in [5, 5.41) is 0. The van der Waals surface area contributed by atoms with E-state index in [1.807, 2.05) is 32.0 Å². The van der Waals surface area contributed by atoms with Gasteiger partial charge in [-0.2, -0.15) is 0 Å². The Morgan fingerprint density at radius 2 is 2.07 bits per heavy atom. The van der Waals surface area contributed by atoms with Crippen LogP contribution in [-0.4, -0.2) is 19.8 Å². The maximum Gasteiger partial charge on any atom is 0.161 e. The molecule has 1 aromatic carbocycles. The summed E-state index contributed by atoms with van der Waals surface area (Å²) in [5.74, 6) is 1.52. The van der Waals surface area contributed by atoms with Gasteiger partial charge in [-0.3, -0.25) is 0 Å². The van der Waals surface area contributed by atoms with Crippen LogP contribution in [0.2, 0.25) is 0 Å². The van der Waals surface area contributed by atoms with Gasteiger partial charge in [0.1, 0.15) is 6.61 Å². The predicted octanol–water partition coefficient (Wildman–Crippen LogP) is 2.12. The zero-order valence-electron chi connectivity index (χ0n) is 9.62. The van der Waals surface area contributed by atoms with E-state index in [0.717, 1.165) is 23.5 Å². The van der Waals surface area contributed by atoms with Crippen LogP contribution in [0.1, 0.15) is 18.9 Å². The minimum absolute atomic E-state index is 0.0796. The monoisotopic (exact) mass is 209 g/mol. The van der Waals surface area contributed by atoms with Crippen molar-refractivity contribution >= 4 is 0 Å². The first-order valence-electron chi connectivity index (χ1n) is 5.20. The van der Waals surface area contributed by atoms with Gasteiger partial charge in [0.25, 0.3) is 0 Å². The Kier molecular flexibility index (Phi) is 4.43. The van der Waals surface area contributed by atoms with Crippen LogP contribution in [-0.2, 0) is 0 Å². The lowest BCUT2D eigenvalue weighted by Gasteiger charge is -2.14. The highest BCUT2D eigenvalue weighted by atomic mass is 16.5. The van der Waals surface area contributed by atoms with E-state index in [0.29, 0.717) is 6.61 Å². The molecule has 1 unspecified atom stereocenters. The number of hydrogen-bond donors (Lipinski definition) is 1. The van der Waals surface area contributed by atoms with Gasteiger partial charge < -0.3 is 15.2 Å². The zero-order valence-corrected chi connectivity index (χ0v) is 9.62. The average Bonchev–Trinajstić information content (AvgIpc) is 2.26. The van der Waals surface area contributed by atoms with Crippen molar-refractivity contribution in [3.63, 3.8) is 0 Å². The van der Waals surface area contributed by atoms with Gasteiger partial charge in [0.15, 0.2) is 11.5 Å². The van der Waals surface area contributed by atoms with Crippen LogP contribution >= 0.6 is 0 Å². The molecule has 84 valence electrons. The van der Waals surface area contributed by atoms with E-state index in [4.69, 9.17) is 15.2 Å².